The first-order chi connectivity index (χ1) is 8.63. The van der Waals surface area contributed by atoms with Crippen molar-refractivity contribution in [3.8, 4) is 10.4 Å². The SMILES string of the molecule is COC(=O)c1cc(F)cc(-c2ccc(C=O)s2)c1. The minimum absolute atomic E-state index is 0.147. The summed E-state index contributed by atoms with van der Waals surface area (Å²) >= 11 is 1.24. The van der Waals surface area contributed by atoms with E-state index in [0.29, 0.717) is 10.4 Å². The second-order valence-corrected chi connectivity index (χ2v) is 4.66. The summed E-state index contributed by atoms with van der Waals surface area (Å²) in [6.45, 7) is 0. The standard InChI is InChI=1S/C13H9FO3S/c1-17-13(16)9-4-8(5-10(14)6-9)12-3-2-11(7-15)18-12/h2-7H,1H3. The molecule has 2 aromatic rings. The van der Waals surface area contributed by atoms with Crippen LogP contribution in [0.4, 0.5) is 4.39 Å². The van der Waals surface area contributed by atoms with Gasteiger partial charge in [-0.05, 0) is 35.9 Å². The lowest BCUT2D eigenvalue weighted by Gasteiger charge is -2.03. The maximum Gasteiger partial charge on any atom is 0.337 e. The van der Waals surface area contributed by atoms with Gasteiger partial charge in [0.1, 0.15) is 5.82 Å². The molecule has 0 radical (unpaired) electrons. The van der Waals surface area contributed by atoms with E-state index < -0.39 is 11.8 Å². The summed E-state index contributed by atoms with van der Waals surface area (Å²) in [6.07, 6.45) is 0.731. The Labute approximate surface area is 107 Å². The zero-order valence-electron chi connectivity index (χ0n) is 9.48. The zero-order valence-corrected chi connectivity index (χ0v) is 10.3. The molecule has 1 aromatic carbocycles. The normalized spacial score (nSPS) is 10.1. The predicted octanol–water partition coefficient (Wildman–Crippen LogP) is 3.15. The third kappa shape index (κ3) is 2.46. The molecule has 0 N–H and O–H groups in total. The third-order valence-electron chi connectivity index (χ3n) is 2.35. The average Bonchev–Trinajstić information content (AvgIpc) is 2.85. The fourth-order valence-corrected chi connectivity index (χ4v) is 2.35. The highest BCUT2D eigenvalue weighted by Crippen LogP contribution is 2.28. The van der Waals surface area contributed by atoms with Gasteiger partial charge in [0.2, 0.25) is 0 Å². The van der Waals surface area contributed by atoms with Crippen LogP contribution in [-0.2, 0) is 4.74 Å². The molecule has 3 nitrogen and oxygen atoms in total. The summed E-state index contributed by atoms with van der Waals surface area (Å²) in [4.78, 5) is 23.2. The summed E-state index contributed by atoms with van der Waals surface area (Å²) < 4.78 is 18.0. The van der Waals surface area contributed by atoms with Crippen LogP contribution in [0.2, 0.25) is 0 Å². The number of esters is 1. The van der Waals surface area contributed by atoms with E-state index in [1.165, 1.54) is 30.6 Å². The van der Waals surface area contributed by atoms with Gasteiger partial charge < -0.3 is 4.74 Å². The molecule has 0 bridgehead atoms. The number of hydrogen-bond acceptors (Lipinski definition) is 4. The van der Waals surface area contributed by atoms with E-state index in [2.05, 4.69) is 4.74 Å². The summed E-state index contributed by atoms with van der Waals surface area (Å²) in [7, 11) is 1.24. The van der Waals surface area contributed by atoms with Crippen molar-refractivity contribution in [2.24, 2.45) is 0 Å². The number of halogens is 1. The van der Waals surface area contributed by atoms with Gasteiger partial charge in [0.05, 0.1) is 17.6 Å². The van der Waals surface area contributed by atoms with Gasteiger partial charge in [-0.1, -0.05) is 0 Å². The van der Waals surface area contributed by atoms with Crippen LogP contribution >= 0.6 is 11.3 Å². The Morgan fingerprint density at radius 3 is 2.72 bits per heavy atom. The van der Waals surface area contributed by atoms with Crippen LogP contribution in [0, 0.1) is 5.82 Å². The van der Waals surface area contributed by atoms with Gasteiger partial charge in [-0.25, -0.2) is 9.18 Å². The number of benzene rings is 1. The topological polar surface area (TPSA) is 43.4 Å². The molecule has 5 heteroatoms. The van der Waals surface area contributed by atoms with E-state index in [-0.39, 0.29) is 5.56 Å². The first kappa shape index (κ1) is 12.4. The minimum atomic E-state index is -0.595. The summed E-state index contributed by atoms with van der Waals surface area (Å²) in [6, 6.07) is 7.33. The molecule has 92 valence electrons. The van der Waals surface area contributed by atoms with Gasteiger partial charge in [0.25, 0.3) is 0 Å². The molecule has 0 amide bonds. The van der Waals surface area contributed by atoms with Gasteiger partial charge in [0.15, 0.2) is 6.29 Å². The predicted molar refractivity (Wildman–Crippen MR) is 66.4 cm³/mol. The smallest absolute Gasteiger partial charge is 0.337 e. The van der Waals surface area contributed by atoms with Gasteiger partial charge in [-0.15, -0.1) is 11.3 Å². The number of aldehydes is 1. The zero-order chi connectivity index (χ0) is 13.1. The van der Waals surface area contributed by atoms with Crippen molar-refractivity contribution in [2.45, 2.75) is 0 Å². The lowest BCUT2D eigenvalue weighted by atomic mass is 10.1. The van der Waals surface area contributed by atoms with Crippen LogP contribution in [0.5, 0.6) is 0 Å². The number of hydrogen-bond donors (Lipinski definition) is 0. The fourth-order valence-electron chi connectivity index (χ4n) is 1.54. The molecule has 0 unspecified atom stereocenters. The van der Waals surface area contributed by atoms with Crippen molar-refractivity contribution in [3.63, 3.8) is 0 Å². The molecule has 0 aliphatic rings. The first-order valence-corrected chi connectivity index (χ1v) is 5.90. The number of ether oxygens (including phenoxy) is 1. The Morgan fingerprint density at radius 2 is 2.11 bits per heavy atom. The van der Waals surface area contributed by atoms with E-state index in [1.54, 1.807) is 12.1 Å². The maximum absolute atomic E-state index is 13.4. The second-order valence-electron chi connectivity index (χ2n) is 3.54. The molecule has 0 atom stereocenters. The van der Waals surface area contributed by atoms with Crippen molar-refractivity contribution in [1.82, 2.24) is 0 Å². The fraction of sp³-hybridized carbons (Fsp3) is 0.0769. The molecule has 2 rings (SSSR count). The molecule has 0 fully saturated rings. The van der Waals surface area contributed by atoms with Crippen LogP contribution in [0.1, 0.15) is 20.0 Å². The molecule has 0 saturated heterocycles. The summed E-state index contributed by atoms with van der Waals surface area (Å²) in [5.41, 5.74) is 0.696. The molecule has 0 spiro atoms. The molecule has 0 aliphatic carbocycles. The Bertz CT molecular complexity index is 604. The Morgan fingerprint density at radius 1 is 1.33 bits per heavy atom. The summed E-state index contributed by atoms with van der Waals surface area (Å²) in [5, 5.41) is 0. The van der Waals surface area contributed by atoms with Crippen LogP contribution in [0.3, 0.4) is 0 Å². The Kier molecular flexibility index (Phi) is 3.53. The molecule has 1 heterocycles. The minimum Gasteiger partial charge on any atom is -0.465 e. The lowest BCUT2D eigenvalue weighted by molar-refractivity contribution is 0.0600. The molecule has 0 aliphatic heterocycles. The maximum atomic E-state index is 13.4. The lowest BCUT2D eigenvalue weighted by Crippen LogP contribution is -2.01. The number of carbonyl (C=O) groups is 2. The van der Waals surface area contributed by atoms with Crippen molar-refractivity contribution in [1.29, 1.82) is 0 Å². The molecule has 0 saturated carbocycles. The number of carbonyl (C=O) groups excluding carboxylic acids is 2. The summed E-state index contributed by atoms with van der Waals surface area (Å²) in [5.74, 6) is -1.11. The van der Waals surface area contributed by atoms with Crippen molar-refractivity contribution >= 4 is 23.6 Å². The highest BCUT2D eigenvalue weighted by molar-refractivity contribution is 7.17. The average molecular weight is 264 g/mol. The molecular formula is C13H9FO3S. The van der Waals surface area contributed by atoms with E-state index >= 15 is 0 Å². The molecular weight excluding hydrogens is 255 g/mol. The quantitative estimate of drug-likeness (QED) is 0.631. The van der Waals surface area contributed by atoms with Gasteiger partial charge >= 0.3 is 5.97 Å². The first-order valence-electron chi connectivity index (χ1n) is 5.08. The van der Waals surface area contributed by atoms with E-state index in [1.807, 2.05) is 0 Å². The highest BCUT2D eigenvalue weighted by atomic mass is 32.1. The van der Waals surface area contributed by atoms with Gasteiger partial charge in [-0.3, -0.25) is 4.79 Å². The van der Waals surface area contributed by atoms with E-state index in [4.69, 9.17) is 0 Å². The van der Waals surface area contributed by atoms with Crippen LogP contribution in [0.15, 0.2) is 30.3 Å². The van der Waals surface area contributed by atoms with Crippen molar-refractivity contribution < 1.29 is 18.7 Å². The Hall–Kier alpha value is -2.01. The van der Waals surface area contributed by atoms with Crippen LogP contribution in [-0.4, -0.2) is 19.4 Å². The monoisotopic (exact) mass is 264 g/mol. The largest absolute Gasteiger partial charge is 0.465 e. The van der Waals surface area contributed by atoms with Crippen molar-refractivity contribution in [2.75, 3.05) is 7.11 Å². The number of rotatable bonds is 3. The third-order valence-corrected chi connectivity index (χ3v) is 3.41. The van der Waals surface area contributed by atoms with Crippen LogP contribution in [0.25, 0.3) is 10.4 Å². The van der Waals surface area contributed by atoms with Gasteiger partial charge in [0, 0.05) is 4.88 Å². The van der Waals surface area contributed by atoms with Gasteiger partial charge in [-0.2, -0.15) is 0 Å². The van der Waals surface area contributed by atoms with Crippen molar-refractivity contribution in [3.05, 3.63) is 46.6 Å². The second kappa shape index (κ2) is 5.10. The molecule has 1 aromatic heterocycles. The van der Waals surface area contributed by atoms with E-state index in [9.17, 15) is 14.0 Å². The highest BCUT2D eigenvalue weighted by Gasteiger charge is 2.11. The van der Waals surface area contributed by atoms with E-state index in [0.717, 1.165) is 17.2 Å². The number of methoxy groups -OCH3 is 1. The number of thiophene rings is 1. The van der Waals surface area contributed by atoms with Crippen LogP contribution < -0.4 is 0 Å². The molecule has 18 heavy (non-hydrogen) atoms. The Balaban J connectivity index is 2.47.